The van der Waals surface area contributed by atoms with E-state index in [2.05, 4.69) is 103 Å². The Morgan fingerprint density at radius 1 is 0.536 bits per heavy atom. The summed E-state index contributed by atoms with van der Waals surface area (Å²) in [5.74, 6) is 2.09. The van der Waals surface area contributed by atoms with Crippen LogP contribution < -0.4 is 6.61 Å². The van der Waals surface area contributed by atoms with Gasteiger partial charge in [0.25, 0.3) is 0 Å². The maximum absolute atomic E-state index is 4.02. The molecule has 0 amide bonds. The van der Waals surface area contributed by atoms with Gasteiger partial charge in [-0.1, -0.05) is 0 Å². The van der Waals surface area contributed by atoms with Crippen molar-refractivity contribution in [3.63, 3.8) is 0 Å². The van der Waals surface area contributed by atoms with E-state index in [4.69, 9.17) is 0 Å². The Balaban J connectivity index is 2.40. The van der Waals surface area contributed by atoms with E-state index in [0.29, 0.717) is 23.7 Å². The summed E-state index contributed by atoms with van der Waals surface area (Å²) in [4.78, 5) is 0. The van der Waals surface area contributed by atoms with Crippen LogP contribution in [0.5, 0.6) is 0 Å². The zero-order valence-electron chi connectivity index (χ0n) is 19.4. The van der Waals surface area contributed by atoms with Crippen molar-refractivity contribution in [3.05, 3.63) is 58.7 Å². The molecule has 2 N–H and O–H groups in total. The summed E-state index contributed by atoms with van der Waals surface area (Å²) in [6, 6.07) is 13.6. The van der Waals surface area contributed by atoms with Gasteiger partial charge in [-0.25, -0.2) is 0 Å². The number of anilines is 2. The molecule has 0 heterocycles. The molecule has 0 aromatic heterocycles. The molecule has 28 heavy (non-hydrogen) atoms. The van der Waals surface area contributed by atoms with Crippen molar-refractivity contribution in [1.29, 1.82) is 0 Å². The molecule has 0 fully saturated rings. The Bertz CT molecular complexity index is 660. The molecule has 0 aliphatic carbocycles. The standard InChI is InChI=1S/2C12H18N.CH3.In/c2*1-8(2)10-6-5-7-11(9(3)4)12(10)13;;/h2*5-9,13H,1-4H3;1H3;/q2*-1;;+2. The first kappa shape index (κ1) is 23.2. The first-order chi connectivity index (χ1) is 13.1. The Labute approximate surface area is 181 Å². The van der Waals surface area contributed by atoms with Gasteiger partial charge in [0.05, 0.1) is 0 Å². The molecular formula is C25H39InN2. The molecule has 0 radical (unpaired) electrons. The fourth-order valence-electron chi connectivity index (χ4n) is 3.90. The van der Waals surface area contributed by atoms with E-state index in [1.54, 1.807) is 0 Å². The molecule has 2 rings (SSSR count). The normalized spacial score (nSPS) is 11.6. The van der Waals surface area contributed by atoms with Gasteiger partial charge in [0.2, 0.25) is 0 Å². The van der Waals surface area contributed by atoms with Gasteiger partial charge in [0.1, 0.15) is 0 Å². The number of hydrogen-bond acceptors (Lipinski definition) is 2. The maximum atomic E-state index is 4.02. The van der Waals surface area contributed by atoms with Crippen LogP contribution in [0.3, 0.4) is 0 Å². The van der Waals surface area contributed by atoms with E-state index in [1.807, 2.05) is 0 Å². The Kier molecular flexibility index (Phi) is 8.36. The molecule has 0 saturated heterocycles. The molecule has 0 spiro atoms. The van der Waals surface area contributed by atoms with Crippen molar-refractivity contribution < 1.29 is 0 Å². The van der Waals surface area contributed by atoms with Gasteiger partial charge in [-0.3, -0.25) is 0 Å². The number of para-hydroxylation sites is 2. The third-order valence-electron chi connectivity index (χ3n) is 5.47. The summed E-state index contributed by atoms with van der Waals surface area (Å²) >= 11 is -2.23. The van der Waals surface area contributed by atoms with Crippen LogP contribution in [-0.4, -0.2) is 22.0 Å². The van der Waals surface area contributed by atoms with Crippen LogP contribution in [0.15, 0.2) is 36.4 Å². The summed E-state index contributed by atoms with van der Waals surface area (Å²) in [6.45, 7) is 18.4. The van der Waals surface area contributed by atoms with Gasteiger partial charge < -0.3 is 0 Å². The molecule has 0 atom stereocenters. The van der Waals surface area contributed by atoms with Crippen LogP contribution in [0.25, 0.3) is 0 Å². The number of benzene rings is 2. The molecule has 0 bridgehead atoms. The molecule has 3 heteroatoms. The third kappa shape index (κ3) is 5.49. The van der Waals surface area contributed by atoms with E-state index in [0.717, 1.165) is 0 Å². The van der Waals surface area contributed by atoms with Crippen molar-refractivity contribution in [1.82, 2.24) is 0 Å². The van der Waals surface area contributed by atoms with E-state index >= 15 is 0 Å². The van der Waals surface area contributed by atoms with Crippen molar-refractivity contribution in [2.75, 3.05) is 6.61 Å². The van der Waals surface area contributed by atoms with Crippen molar-refractivity contribution in [3.8, 4) is 0 Å². The molecule has 0 saturated carbocycles. The third-order valence-corrected chi connectivity index (χ3v) is 9.59. The summed E-state index contributed by atoms with van der Waals surface area (Å²) in [5.41, 5.74) is 8.54. The zero-order valence-corrected chi connectivity index (χ0v) is 22.6. The predicted octanol–water partition coefficient (Wildman–Crippen LogP) is 7.82. The predicted molar refractivity (Wildman–Crippen MR) is 128 cm³/mol. The minimum absolute atomic E-state index is 0.522. The van der Waals surface area contributed by atoms with E-state index in [9.17, 15) is 0 Å². The van der Waals surface area contributed by atoms with Gasteiger partial charge in [-0.2, -0.15) is 0 Å². The SMILES string of the molecule is CC(C)c1cccc(C(C)C)c1[NH][In]([CH3])[NH]c1c(C(C)C)cccc1C(C)C. The van der Waals surface area contributed by atoms with Crippen LogP contribution in [0.1, 0.15) is 101 Å². The van der Waals surface area contributed by atoms with Crippen LogP contribution in [0.4, 0.5) is 11.4 Å². The first-order valence-electron chi connectivity index (χ1n) is 10.9. The van der Waals surface area contributed by atoms with Crippen LogP contribution in [0.2, 0.25) is 4.68 Å². The molecule has 0 aliphatic heterocycles. The quantitative estimate of drug-likeness (QED) is 0.401. The molecule has 2 aromatic rings. The van der Waals surface area contributed by atoms with Crippen molar-refractivity contribution in [2.24, 2.45) is 0 Å². The molecule has 152 valence electrons. The second-order valence-electron chi connectivity index (χ2n) is 9.25. The average molecular weight is 482 g/mol. The molecule has 0 aliphatic rings. The van der Waals surface area contributed by atoms with Gasteiger partial charge in [-0.15, -0.1) is 0 Å². The Morgan fingerprint density at radius 2 is 0.786 bits per heavy atom. The summed E-state index contributed by atoms with van der Waals surface area (Å²) in [7, 11) is 0. The number of rotatable bonds is 8. The van der Waals surface area contributed by atoms with Crippen LogP contribution in [0, 0.1) is 0 Å². The Hall–Kier alpha value is -1.09. The summed E-state index contributed by atoms with van der Waals surface area (Å²) in [5, 5.41) is 0. The fourth-order valence-corrected chi connectivity index (χ4v) is 8.48. The number of hydrogen-bond donors (Lipinski definition) is 2. The number of nitrogens with one attached hydrogen (secondary N) is 2. The van der Waals surface area contributed by atoms with E-state index in [-0.39, 0.29) is 0 Å². The van der Waals surface area contributed by atoms with Crippen molar-refractivity contribution >= 4 is 33.4 Å². The van der Waals surface area contributed by atoms with Crippen LogP contribution in [-0.2, 0) is 0 Å². The van der Waals surface area contributed by atoms with Gasteiger partial charge in [0, 0.05) is 0 Å². The Morgan fingerprint density at radius 3 is 1.00 bits per heavy atom. The molecular weight excluding hydrogens is 443 g/mol. The fraction of sp³-hybridized carbons (Fsp3) is 0.520. The van der Waals surface area contributed by atoms with E-state index in [1.165, 1.54) is 33.6 Å². The molecule has 0 unspecified atom stereocenters. The topological polar surface area (TPSA) is 24.1 Å². The summed E-state index contributed by atoms with van der Waals surface area (Å²) < 4.78 is 10.5. The first-order valence-corrected chi connectivity index (χ1v) is 17.5. The summed E-state index contributed by atoms with van der Waals surface area (Å²) in [6.07, 6.45) is 0. The molecule has 2 aromatic carbocycles. The van der Waals surface area contributed by atoms with Gasteiger partial charge >= 0.3 is 182 Å². The second-order valence-corrected chi connectivity index (χ2v) is 15.0. The van der Waals surface area contributed by atoms with Crippen LogP contribution >= 0.6 is 0 Å². The monoisotopic (exact) mass is 482 g/mol. The van der Waals surface area contributed by atoms with Gasteiger partial charge in [0.15, 0.2) is 0 Å². The zero-order chi connectivity index (χ0) is 21.0. The van der Waals surface area contributed by atoms with Crippen molar-refractivity contribution in [2.45, 2.75) is 83.7 Å². The van der Waals surface area contributed by atoms with Gasteiger partial charge in [-0.05, 0) is 0 Å². The molecule has 2 nitrogen and oxygen atoms in total. The average Bonchev–Trinajstić information content (AvgIpc) is 2.61. The minimum atomic E-state index is -2.23. The van der Waals surface area contributed by atoms with E-state index < -0.39 is 22.0 Å². The second kappa shape index (κ2) is 10.1.